The number of nitrogens with one attached hydrogen (secondary N) is 1. The van der Waals surface area contributed by atoms with Gasteiger partial charge < -0.3 is 14.8 Å². The van der Waals surface area contributed by atoms with E-state index in [1.165, 1.54) is 35.1 Å². The van der Waals surface area contributed by atoms with E-state index in [4.69, 9.17) is 9.47 Å². The zero-order chi connectivity index (χ0) is 23.4. The number of hydrogen-bond donors (Lipinski definition) is 1. The van der Waals surface area contributed by atoms with Gasteiger partial charge in [-0.2, -0.15) is 5.10 Å². The minimum Gasteiger partial charge on any atom is -0.497 e. The molecule has 1 N–H and O–H groups in total. The van der Waals surface area contributed by atoms with Crippen molar-refractivity contribution in [3.63, 3.8) is 0 Å². The van der Waals surface area contributed by atoms with Crippen LogP contribution in [0.3, 0.4) is 0 Å². The van der Waals surface area contributed by atoms with Gasteiger partial charge in [-0.3, -0.25) is 9.59 Å². The van der Waals surface area contributed by atoms with Crippen molar-refractivity contribution in [2.24, 2.45) is 0 Å². The Bertz CT molecular complexity index is 1370. The molecular formula is C25H20FN3O4. The average molecular weight is 445 g/mol. The summed E-state index contributed by atoms with van der Waals surface area (Å²) >= 11 is 0. The first kappa shape index (κ1) is 21.8. The maximum atomic E-state index is 13.3. The van der Waals surface area contributed by atoms with Gasteiger partial charge in [0.05, 0.1) is 18.5 Å². The Morgan fingerprint density at radius 3 is 2.48 bits per heavy atom. The smallest absolute Gasteiger partial charge is 0.280 e. The first-order valence-electron chi connectivity index (χ1n) is 10.0. The fourth-order valence-corrected chi connectivity index (χ4v) is 3.12. The number of rotatable bonds is 6. The molecule has 0 spiro atoms. The van der Waals surface area contributed by atoms with Crippen molar-refractivity contribution >= 4 is 11.6 Å². The maximum absolute atomic E-state index is 13.3. The number of para-hydroxylation sites is 2. The van der Waals surface area contributed by atoms with Crippen LogP contribution in [0.5, 0.6) is 17.2 Å². The molecule has 4 aromatic rings. The van der Waals surface area contributed by atoms with Crippen LogP contribution in [0.4, 0.5) is 10.1 Å². The predicted octanol–water partition coefficient (Wildman–Crippen LogP) is 4.73. The van der Waals surface area contributed by atoms with E-state index in [0.717, 1.165) is 0 Å². The Morgan fingerprint density at radius 1 is 1.00 bits per heavy atom. The summed E-state index contributed by atoms with van der Waals surface area (Å²) in [5.74, 6) is 0.428. The number of halogens is 1. The van der Waals surface area contributed by atoms with Gasteiger partial charge in [0.2, 0.25) is 5.43 Å². The molecular weight excluding hydrogens is 425 g/mol. The second-order valence-corrected chi connectivity index (χ2v) is 7.14. The quantitative estimate of drug-likeness (QED) is 0.464. The van der Waals surface area contributed by atoms with Gasteiger partial charge in [0.25, 0.3) is 5.91 Å². The van der Waals surface area contributed by atoms with Crippen molar-refractivity contribution in [3.05, 3.63) is 106 Å². The van der Waals surface area contributed by atoms with Crippen molar-refractivity contribution < 1.29 is 18.7 Å². The number of nitrogens with zero attached hydrogens (tertiary/aromatic N) is 2. The number of hydrogen-bond acceptors (Lipinski definition) is 5. The summed E-state index contributed by atoms with van der Waals surface area (Å²) in [5.41, 5.74) is 0.393. The molecule has 0 saturated heterocycles. The highest BCUT2D eigenvalue weighted by Crippen LogP contribution is 2.31. The Kier molecular flexibility index (Phi) is 6.17. The Hall–Kier alpha value is -4.46. The lowest BCUT2D eigenvalue weighted by atomic mass is 10.2. The molecule has 3 aromatic carbocycles. The summed E-state index contributed by atoms with van der Waals surface area (Å²) in [7, 11) is 1.56. The number of ether oxygens (including phenoxy) is 2. The van der Waals surface area contributed by atoms with Gasteiger partial charge in [0, 0.05) is 17.8 Å². The van der Waals surface area contributed by atoms with Crippen LogP contribution in [0.1, 0.15) is 16.1 Å². The maximum Gasteiger partial charge on any atom is 0.280 e. The van der Waals surface area contributed by atoms with Crippen molar-refractivity contribution in [2.75, 3.05) is 12.4 Å². The molecule has 1 heterocycles. The highest BCUT2D eigenvalue weighted by atomic mass is 19.1. The second kappa shape index (κ2) is 9.35. The molecule has 166 valence electrons. The summed E-state index contributed by atoms with van der Waals surface area (Å²) in [5, 5.41) is 6.88. The molecule has 0 unspecified atom stereocenters. The Labute approximate surface area is 189 Å². The minimum atomic E-state index is -0.693. The van der Waals surface area contributed by atoms with Crippen LogP contribution in [0.25, 0.3) is 5.69 Å². The molecule has 7 nitrogen and oxygen atoms in total. The van der Waals surface area contributed by atoms with Crippen molar-refractivity contribution in [1.29, 1.82) is 0 Å². The minimum absolute atomic E-state index is 0.296. The third-order valence-electron chi connectivity index (χ3n) is 4.81. The molecule has 0 aliphatic carbocycles. The number of carbonyl (C=O) groups is 1. The number of methoxy groups -OCH3 is 1. The fraction of sp³-hybridized carbons (Fsp3) is 0.0800. The third-order valence-corrected chi connectivity index (χ3v) is 4.81. The molecule has 0 fully saturated rings. The van der Waals surface area contributed by atoms with Crippen LogP contribution in [-0.2, 0) is 0 Å². The highest BCUT2D eigenvalue weighted by molar-refractivity contribution is 6.03. The Balaban J connectivity index is 1.64. The largest absolute Gasteiger partial charge is 0.497 e. The van der Waals surface area contributed by atoms with E-state index in [-0.39, 0.29) is 5.69 Å². The summed E-state index contributed by atoms with van der Waals surface area (Å²) in [4.78, 5) is 25.7. The molecule has 1 aromatic heterocycles. The first-order valence-corrected chi connectivity index (χ1v) is 10.0. The number of aryl methyl sites for hydroxylation is 1. The van der Waals surface area contributed by atoms with Crippen LogP contribution in [-0.4, -0.2) is 22.8 Å². The topological polar surface area (TPSA) is 82.4 Å². The number of anilines is 1. The molecule has 8 heteroatoms. The van der Waals surface area contributed by atoms with Crippen LogP contribution < -0.4 is 20.2 Å². The van der Waals surface area contributed by atoms with Gasteiger partial charge in [-0.25, -0.2) is 9.07 Å². The first-order chi connectivity index (χ1) is 15.9. The lowest BCUT2D eigenvalue weighted by Crippen LogP contribution is -2.27. The van der Waals surface area contributed by atoms with Gasteiger partial charge in [-0.1, -0.05) is 18.2 Å². The van der Waals surface area contributed by atoms with E-state index in [1.54, 1.807) is 62.6 Å². The third kappa shape index (κ3) is 4.90. The molecule has 33 heavy (non-hydrogen) atoms. The SMILES string of the molecule is COc1cccc(Oc2ccccc2NC(=O)c2nn(-c3ccc(F)cc3)cc(C)c2=O)c1. The molecule has 0 atom stereocenters. The summed E-state index contributed by atoms with van der Waals surface area (Å²) in [6, 6.07) is 19.4. The molecule has 0 radical (unpaired) electrons. The van der Waals surface area contributed by atoms with Crippen LogP contribution in [0.15, 0.2) is 83.8 Å². The normalized spacial score (nSPS) is 10.5. The van der Waals surface area contributed by atoms with E-state index in [1.807, 2.05) is 0 Å². The summed E-state index contributed by atoms with van der Waals surface area (Å²) < 4.78 is 25.8. The monoisotopic (exact) mass is 445 g/mol. The summed E-state index contributed by atoms with van der Waals surface area (Å²) in [6.45, 7) is 1.58. The van der Waals surface area contributed by atoms with Gasteiger partial charge >= 0.3 is 0 Å². The standard InChI is InChI=1S/C25H20FN3O4/c1-16-15-29(18-12-10-17(26)11-13-18)28-23(24(16)30)25(31)27-21-8-3-4-9-22(21)33-20-7-5-6-19(14-20)32-2/h3-15H,1-2H3,(H,27,31). The molecule has 0 aliphatic heterocycles. The lowest BCUT2D eigenvalue weighted by Gasteiger charge is -2.13. The predicted molar refractivity (Wildman–Crippen MR) is 122 cm³/mol. The van der Waals surface area contributed by atoms with Crippen molar-refractivity contribution in [1.82, 2.24) is 9.78 Å². The lowest BCUT2D eigenvalue weighted by molar-refractivity contribution is 0.101. The van der Waals surface area contributed by atoms with E-state index in [9.17, 15) is 14.0 Å². The zero-order valence-corrected chi connectivity index (χ0v) is 17.9. The number of amides is 1. The van der Waals surface area contributed by atoms with Crippen molar-refractivity contribution in [2.45, 2.75) is 6.92 Å². The fourth-order valence-electron chi connectivity index (χ4n) is 3.12. The summed E-state index contributed by atoms with van der Waals surface area (Å²) in [6.07, 6.45) is 1.49. The molecule has 0 saturated carbocycles. The van der Waals surface area contributed by atoms with Gasteiger partial charge in [0.15, 0.2) is 11.4 Å². The molecule has 1 amide bonds. The van der Waals surface area contributed by atoms with E-state index in [2.05, 4.69) is 10.4 Å². The van der Waals surface area contributed by atoms with Gasteiger partial charge in [-0.15, -0.1) is 0 Å². The molecule has 0 aliphatic rings. The van der Waals surface area contributed by atoms with Crippen LogP contribution in [0, 0.1) is 12.7 Å². The van der Waals surface area contributed by atoms with Crippen molar-refractivity contribution in [3.8, 4) is 22.9 Å². The van der Waals surface area contributed by atoms with Gasteiger partial charge in [0.1, 0.15) is 17.3 Å². The number of carbonyl (C=O) groups excluding carboxylic acids is 1. The average Bonchev–Trinajstić information content (AvgIpc) is 2.82. The number of aromatic nitrogens is 2. The Morgan fingerprint density at radius 2 is 1.73 bits per heavy atom. The molecule has 4 rings (SSSR count). The van der Waals surface area contributed by atoms with E-state index < -0.39 is 17.2 Å². The zero-order valence-electron chi connectivity index (χ0n) is 17.9. The second-order valence-electron chi connectivity index (χ2n) is 7.14. The van der Waals surface area contributed by atoms with E-state index in [0.29, 0.717) is 34.2 Å². The van der Waals surface area contributed by atoms with E-state index >= 15 is 0 Å². The number of benzene rings is 3. The highest BCUT2D eigenvalue weighted by Gasteiger charge is 2.18. The van der Waals surface area contributed by atoms with Crippen LogP contribution in [0.2, 0.25) is 0 Å². The van der Waals surface area contributed by atoms with Gasteiger partial charge in [-0.05, 0) is 55.5 Å². The molecule has 0 bridgehead atoms. The van der Waals surface area contributed by atoms with Crippen LogP contribution >= 0.6 is 0 Å².